The van der Waals surface area contributed by atoms with Gasteiger partial charge in [-0.05, 0) is 10.2 Å². The van der Waals surface area contributed by atoms with Crippen molar-refractivity contribution in [3.63, 3.8) is 0 Å². The van der Waals surface area contributed by atoms with Crippen LogP contribution in [0.1, 0.15) is 0 Å². The van der Waals surface area contributed by atoms with Crippen molar-refractivity contribution < 1.29 is 35.3 Å². The summed E-state index contributed by atoms with van der Waals surface area (Å²) >= 11 is 0. The molecule has 2 heterocycles. The van der Waals surface area contributed by atoms with Gasteiger partial charge in [-0.15, -0.1) is 8.96 Å². The maximum absolute atomic E-state index is 11.1. The average molecular weight is 230 g/mol. The maximum Gasteiger partial charge on any atom is 0.379 e. The van der Waals surface area contributed by atoms with Gasteiger partial charge in [-0.25, -0.2) is 8.78 Å². The smallest absolute Gasteiger partial charge is 0.219 e. The van der Waals surface area contributed by atoms with Gasteiger partial charge in [0.05, 0.1) is 0 Å². The van der Waals surface area contributed by atoms with E-state index in [1.807, 2.05) is 0 Å². The molecule has 2 aliphatic rings. The second-order valence-electron chi connectivity index (χ2n) is 2.47. The lowest BCUT2D eigenvalue weighted by Crippen LogP contribution is -1.94. The fraction of sp³-hybridized carbons (Fsp3) is 1.00. The molecule has 84 valence electrons. The molecule has 0 radical (unpaired) electrons. The molecule has 0 saturated carbocycles. The molecule has 10 heteroatoms. The van der Waals surface area contributed by atoms with E-state index >= 15 is 0 Å². The Kier molecular flexibility index (Phi) is 2.39. The van der Waals surface area contributed by atoms with Crippen LogP contribution in [0, 0.1) is 0 Å². The Morgan fingerprint density at radius 2 is 0.786 bits per heavy atom. The number of rotatable bonds is 0. The van der Waals surface area contributed by atoms with E-state index in [0.717, 1.165) is 0 Å². The number of nitrogens with zero attached hydrogens (tertiary/aromatic N) is 2. The zero-order chi connectivity index (χ0) is 11.3. The van der Waals surface area contributed by atoms with Crippen LogP contribution in [-0.2, 0) is 0 Å². The van der Waals surface area contributed by atoms with Crippen molar-refractivity contribution in [2.45, 2.75) is 24.7 Å². The van der Waals surface area contributed by atoms with Gasteiger partial charge in [0, 0.05) is 0 Å². The topological polar surface area (TPSA) is 6.02 Å². The molecule has 2 rings (SSSR count). The molecule has 0 aromatic carbocycles. The van der Waals surface area contributed by atoms with Gasteiger partial charge < -0.3 is 0 Å². The summed E-state index contributed by atoms with van der Waals surface area (Å²) in [7, 11) is 0. The van der Waals surface area contributed by atoms with Gasteiger partial charge in [0.2, 0.25) is 0 Å². The molecule has 0 aliphatic carbocycles. The van der Waals surface area contributed by atoms with Gasteiger partial charge in [0.1, 0.15) is 0 Å². The van der Waals surface area contributed by atoms with Crippen LogP contribution < -0.4 is 0 Å². The lowest BCUT2D eigenvalue weighted by atomic mass is 10.8. The third-order valence-electron chi connectivity index (χ3n) is 1.41. The first-order chi connectivity index (χ1) is 6.13. The summed E-state index contributed by atoms with van der Waals surface area (Å²) in [5.74, 6) is 0. The van der Waals surface area contributed by atoms with E-state index in [0.29, 0.717) is 0 Å². The molecular formula is C4H2F8N2. The SMILES string of the molecule is FC1N(F)C1(F)F.FC1N(F)C1(F)F. The van der Waals surface area contributed by atoms with Gasteiger partial charge in [0.15, 0.2) is 0 Å². The molecule has 2 fully saturated rings. The fourth-order valence-corrected chi connectivity index (χ4v) is 0.382. The van der Waals surface area contributed by atoms with E-state index in [4.69, 9.17) is 0 Å². The summed E-state index contributed by atoms with van der Waals surface area (Å²) in [6.07, 6.45) is -5.40. The highest BCUT2D eigenvalue weighted by Gasteiger charge is 2.71. The van der Waals surface area contributed by atoms with Crippen LogP contribution in [0.2, 0.25) is 0 Å². The summed E-state index contributed by atoms with van der Waals surface area (Å²) in [5.41, 5.74) is 0. The van der Waals surface area contributed by atoms with Crippen LogP contribution >= 0.6 is 0 Å². The summed E-state index contributed by atoms with van der Waals surface area (Å²) in [6.45, 7) is 0. The van der Waals surface area contributed by atoms with Crippen LogP contribution in [0.25, 0.3) is 0 Å². The fourth-order valence-electron chi connectivity index (χ4n) is 0.382. The first-order valence-electron chi connectivity index (χ1n) is 3.07. The van der Waals surface area contributed by atoms with Crippen molar-refractivity contribution in [3.05, 3.63) is 0 Å². The van der Waals surface area contributed by atoms with Gasteiger partial charge in [0.25, 0.3) is 12.6 Å². The molecule has 4 unspecified atom stereocenters. The Morgan fingerprint density at radius 3 is 0.786 bits per heavy atom. The molecule has 4 atom stereocenters. The van der Waals surface area contributed by atoms with Crippen LogP contribution in [0.15, 0.2) is 0 Å². The third kappa shape index (κ3) is 1.63. The van der Waals surface area contributed by atoms with E-state index in [1.54, 1.807) is 0 Å². The Hall–Kier alpha value is -0.640. The standard InChI is InChI=1S/2C2HF4N/c2*3-1-2(4,5)7(1)6/h2*1H. The minimum Gasteiger partial charge on any atom is -0.219 e. The zero-order valence-electron chi connectivity index (χ0n) is 6.07. The van der Waals surface area contributed by atoms with E-state index in [2.05, 4.69) is 0 Å². The second-order valence-corrected chi connectivity index (χ2v) is 2.47. The molecular weight excluding hydrogens is 228 g/mol. The van der Waals surface area contributed by atoms with E-state index < -0.39 is 34.9 Å². The van der Waals surface area contributed by atoms with Crippen molar-refractivity contribution in [2.24, 2.45) is 0 Å². The van der Waals surface area contributed by atoms with Gasteiger partial charge >= 0.3 is 12.1 Å². The van der Waals surface area contributed by atoms with Crippen LogP contribution in [0.3, 0.4) is 0 Å². The number of halogens is 8. The minimum absolute atomic E-state index is 1.15. The number of alkyl halides is 6. The van der Waals surface area contributed by atoms with Crippen molar-refractivity contribution in [1.82, 2.24) is 10.2 Å². The predicted molar refractivity (Wildman–Crippen MR) is 25.6 cm³/mol. The highest BCUT2D eigenvalue weighted by atomic mass is 19.3. The van der Waals surface area contributed by atoms with Gasteiger partial charge in [-0.1, -0.05) is 0 Å². The monoisotopic (exact) mass is 230 g/mol. The maximum atomic E-state index is 11.1. The van der Waals surface area contributed by atoms with E-state index in [1.165, 1.54) is 0 Å². The van der Waals surface area contributed by atoms with Crippen LogP contribution in [0.4, 0.5) is 35.3 Å². The first kappa shape index (κ1) is 11.4. The molecule has 0 amide bonds. The van der Waals surface area contributed by atoms with Crippen LogP contribution in [-0.4, -0.2) is 34.9 Å². The molecule has 0 N–H and O–H groups in total. The normalized spacial score (nSPS) is 46.3. The molecule has 2 nitrogen and oxygen atoms in total. The number of hydrogen-bond acceptors (Lipinski definition) is 2. The lowest BCUT2D eigenvalue weighted by molar-refractivity contribution is -0.0308. The van der Waals surface area contributed by atoms with Crippen molar-refractivity contribution in [1.29, 1.82) is 0 Å². The van der Waals surface area contributed by atoms with Crippen LogP contribution in [0.5, 0.6) is 0 Å². The first-order valence-corrected chi connectivity index (χ1v) is 3.07. The molecule has 14 heavy (non-hydrogen) atoms. The highest BCUT2D eigenvalue weighted by Crippen LogP contribution is 2.45. The van der Waals surface area contributed by atoms with Crippen molar-refractivity contribution >= 4 is 0 Å². The van der Waals surface area contributed by atoms with Gasteiger partial charge in [-0.2, -0.15) is 17.6 Å². The minimum atomic E-state index is -3.83. The second kappa shape index (κ2) is 2.92. The molecule has 0 aromatic heterocycles. The highest BCUT2D eigenvalue weighted by molar-refractivity contribution is 4.87. The Morgan fingerprint density at radius 1 is 0.714 bits per heavy atom. The molecule has 0 bridgehead atoms. The largest absolute Gasteiger partial charge is 0.379 e. The average Bonchev–Trinajstić information content (AvgIpc) is 2.70. The molecule has 2 aliphatic heterocycles. The quantitative estimate of drug-likeness (QED) is 0.272. The third-order valence-corrected chi connectivity index (χ3v) is 1.41. The zero-order valence-corrected chi connectivity index (χ0v) is 6.07. The Balaban J connectivity index is 0.000000140. The molecule has 2 saturated heterocycles. The number of hydrogen-bond donors (Lipinski definition) is 0. The van der Waals surface area contributed by atoms with Crippen molar-refractivity contribution in [2.75, 3.05) is 0 Å². The summed E-state index contributed by atoms with van der Waals surface area (Å²) in [5, 5.41) is -2.29. The van der Waals surface area contributed by atoms with Crippen molar-refractivity contribution in [3.8, 4) is 0 Å². The molecule has 0 aromatic rings. The van der Waals surface area contributed by atoms with Gasteiger partial charge in [-0.3, -0.25) is 0 Å². The van der Waals surface area contributed by atoms with E-state index in [-0.39, 0.29) is 0 Å². The Labute approximate surface area is 71.5 Å². The Bertz CT molecular complexity index is 187. The summed E-state index contributed by atoms with van der Waals surface area (Å²) in [4.78, 5) is 0. The summed E-state index contributed by atoms with van der Waals surface area (Å²) < 4.78 is 88.5. The molecule has 0 spiro atoms. The predicted octanol–water partition coefficient (Wildman–Crippen LogP) is 2.15. The lowest BCUT2D eigenvalue weighted by Gasteiger charge is -1.78. The van der Waals surface area contributed by atoms with E-state index in [9.17, 15) is 35.3 Å². The summed E-state index contributed by atoms with van der Waals surface area (Å²) in [6, 6.07) is -7.67.